The number of carbonyl (C=O) groups is 3. The van der Waals surface area contributed by atoms with Crippen molar-refractivity contribution in [3.63, 3.8) is 0 Å². The van der Waals surface area contributed by atoms with Crippen LogP contribution in [0.15, 0.2) is 24.3 Å². The second-order valence-corrected chi connectivity index (χ2v) is 8.15. The first-order chi connectivity index (χ1) is 12.8. The molecule has 0 aliphatic carbocycles. The van der Waals surface area contributed by atoms with Crippen LogP contribution in [0.3, 0.4) is 0 Å². The van der Waals surface area contributed by atoms with Crippen LogP contribution in [-0.4, -0.2) is 48.3 Å². The van der Waals surface area contributed by atoms with Gasteiger partial charge in [-0.15, -0.1) is 11.8 Å². The van der Waals surface area contributed by atoms with Crippen molar-refractivity contribution >= 4 is 52.3 Å². The van der Waals surface area contributed by atoms with Crippen molar-refractivity contribution < 1.29 is 33.3 Å². The molecule has 2 rings (SSSR count). The minimum absolute atomic E-state index is 0.0405. The van der Waals surface area contributed by atoms with E-state index >= 15 is 0 Å². The van der Waals surface area contributed by atoms with Crippen LogP contribution in [-0.2, 0) is 39.1 Å². The van der Waals surface area contributed by atoms with Crippen molar-refractivity contribution in [1.82, 2.24) is 0 Å². The molecule has 0 aromatic heterocycles. The molecule has 0 spiro atoms. The van der Waals surface area contributed by atoms with Crippen molar-refractivity contribution in [2.24, 2.45) is 0 Å². The maximum Gasteiger partial charge on any atom is 0.303 e. The van der Waals surface area contributed by atoms with Gasteiger partial charge in [-0.1, -0.05) is 18.2 Å². The normalized spacial score (nSPS) is 24.7. The van der Waals surface area contributed by atoms with Crippen LogP contribution >= 0.6 is 34.4 Å². The summed E-state index contributed by atoms with van der Waals surface area (Å²) in [4.78, 5) is 34.5. The number of ether oxygens (including phenoxy) is 4. The van der Waals surface area contributed by atoms with Gasteiger partial charge in [0, 0.05) is 30.1 Å². The topological polar surface area (TPSA) is 88.1 Å². The largest absolute Gasteiger partial charge is 0.456 e. The maximum absolute atomic E-state index is 11.6. The Morgan fingerprint density at radius 3 is 2.22 bits per heavy atom. The molecule has 27 heavy (non-hydrogen) atoms. The zero-order valence-corrected chi connectivity index (χ0v) is 18.2. The Morgan fingerprint density at radius 1 is 1.04 bits per heavy atom. The molecule has 1 aromatic carbocycles. The predicted molar refractivity (Wildman–Crippen MR) is 107 cm³/mol. The van der Waals surface area contributed by atoms with Crippen LogP contribution in [0.25, 0.3) is 0 Å². The molecule has 0 amide bonds. The Kier molecular flexibility index (Phi) is 8.36. The number of hydrogen-bond donors (Lipinski definition) is 0. The Balaban J connectivity index is 2.19. The van der Waals surface area contributed by atoms with E-state index in [1.54, 1.807) is 0 Å². The summed E-state index contributed by atoms with van der Waals surface area (Å²) in [5, 5.41) is 0. The van der Waals surface area contributed by atoms with E-state index in [1.807, 2.05) is 24.3 Å². The number of benzene rings is 1. The average Bonchev–Trinajstić information content (AvgIpc) is 2.57. The molecule has 4 atom stereocenters. The lowest BCUT2D eigenvalue weighted by molar-refractivity contribution is -0.213. The van der Waals surface area contributed by atoms with Gasteiger partial charge in [-0.05, 0) is 34.2 Å². The van der Waals surface area contributed by atoms with Gasteiger partial charge in [-0.3, -0.25) is 14.4 Å². The van der Waals surface area contributed by atoms with E-state index in [-0.39, 0.29) is 6.61 Å². The van der Waals surface area contributed by atoms with Crippen LogP contribution in [0.5, 0.6) is 0 Å². The summed E-state index contributed by atoms with van der Waals surface area (Å²) in [6.07, 6.45) is -2.67. The van der Waals surface area contributed by atoms with E-state index in [1.165, 1.54) is 32.5 Å². The fourth-order valence-electron chi connectivity index (χ4n) is 2.64. The first-order valence-corrected chi connectivity index (χ1v) is 10.4. The minimum atomic E-state index is -0.934. The van der Waals surface area contributed by atoms with E-state index in [9.17, 15) is 14.4 Å². The van der Waals surface area contributed by atoms with Crippen molar-refractivity contribution in [3.05, 3.63) is 33.4 Å². The quantitative estimate of drug-likeness (QED) is 0.330. The van der Waals surface area contributed by atoms with Gasteiger partial charge >= 0.3 is 17.9 Å². The third-order valence-corrected chi connectivity index (χ3v) is 5.93. The lowest BCUT2D eigenvalue weighted by Crippen LogP contribution is -2.56. The van der Waals surface area contributed by atoms with Gasteiger partial charge in [0.15, 0.2) is 18.3 Å². The molecular formula is C18H21IO7S. The fourth-order valence-corrected chi connectivity index (χ4v) is 4.65. The molecule has 7 nitrogen and oxygen atoms in total. The average molecular weight is 508 g/mol. The molecule has 1 heterocycles. The van der Waals surface area contributed by atoms with Gasteiger partial charge in [0.2, 0.25) is 0 Å². The number of hydrogen-bond acceptors (Lipinski definition) is 8. The molecule has 0 unspecified atom stereocenters. The first kappa shape index (κ1) is 22.0. The van der Waals surface area contributed by atoms with Crippen LogP contribution in [0, 0.1) is 3.57 Å². The van der Waals surface area contributed by atoms with Crippen LogP contribution in [0.1, 0.15) is 26.3 Å². The fraction of sp³-hybridized carbons (Fsp3) is 0.500. The highest BCUT2D eigenvalue weighted by molar-refractivity contribution is 14.1. The predicted octanol–water partition coefficient (Wildman–Crippen LogP) is 2.68. The zero-order valence-electron chi connectivity index (χ0n) is 15.2. The highest BCUT2D eigenvalue weighted by Crippen LogP contribution is 2.33. The summed E-state index contributed by atoms with van der Waals surface area (Å²) in [5.41, 5.74) is 0.542. The minimum Gasteiger partial charge on any atom is -0.456 e. The molecule has 0 bridgehead atoms. The van der Waals surface area contributed by atoms with Gasteiger partial charge in [0.1, 0.15) is 5.44 Å². The lowest BCUT2D eigenvalue weighted by Gasteiger charge is -2.40. The van der Waals surface area contributed by atoms with E-state index < -0.39 is 41.7 Å². The maximum atomic E-state index is 11.6. The van der Waals surface area contributed by atoms with Crippen LogP contribution < -0.4 is 0 Å². The summed E-state index contributed by atoms with van der Waals surface area (Å²) in [6.45, 7) is 3.81. The highest BCUT2D eigenvalue weighted by atomic mass is 127. The Morgan fingerprint density at radius 2 is 1.63 bits per heavy atom. The Hall–Kier alpha value is -1.33. The molecule has 148 valence electrons. The van der Waals surface area contributed by atoms with E-state index in [2.05, 4.69) is 22.6 Å². The second-order valence-electron chi connectivity index (χ2n) is 5.90. The third-order valence-electron chi connectivity index (χ3n) is 3.67. The van der Waals surface area contributed by atoms with Crippen LogP contribution in [0.2, 0.25) is 0 Å². The molecule has 1 aromatic rings. The molecule has 1 aliphatic heterocycles. The molecule has 0 N–H and O–H groups in total. The molecular weight excluding hydrogens is 487 g/mol. The molecule has 0 radical (unpaired) electrons. The van der Waals surface area contributed by atoms with E-state index in [4.69, 9.17) is 18.9 Å². The SMILES string of the molecule is CC(=O)O[C@@H]1[C@@H](OC(C)=O)[C@H](SCc2ccccc2I)OC[C@H]1OC(C)=O. The zero-order chi connectivity index (χ0) is 20.0. The second kappa shape index (κ2) is 10.3. The highest BCUT2D eigenvalue weighted by Gasteiger charge is 2.47. The standard InChI is InChI=1S/C18H21IO7S/c1-10(20)24-15-8-23-18(27-9-13-6-4-5-7-14(13)19)17(26-12(3)22)16(15)25-11(2)21/h4-7,15-18H,8-9H2,1-3H3/t15-,16+,17-,18+/m1/s1. The van der Waals surface area contributed by atoms with Crippen LogP contribution in [0.4, 0.5) is 0 Å². The number of halogens is 1. The molecule has 0 saturated carbocycles. The van der Waals surface area contributed by atoms with E-state index in [0.29, 0.717) is 5.75 Å². The lowest BCUT2D eigenvalue weighted by atomic mass is 10.1. The third kappa shape index (κ3) is 6.65. The summed E-state index contributed by atoms with van der Waals surface area (Å²) < 4.78 is 22.8. The monoisotopic (exact) mass is 508 g/mol. The first-order valence-electron chi connectivity index (χ1n) is 8.26. The van der Waals surface area contributed by atoms with E-state index in [0.717, 1.165) is 9.13 Å². The van der Waals surface area contributed by atoms with Gasteiger partial charge in [0.05, 0.1) is 6.61 Å². The summed E-state index contributed by atoms with van der Waals surface area (Å²) >= 11 is 3.68. The molecule has 1 aliphatic rings. The Labute approximate surface area is 175 Å². The number of carbonyl (C=O) groups excluding carboxylic acids is 3. The summed E-state index contributed by atoms with van der Waals surface area (Å²) in [7, 11) is 0. The number of rotatable bonds is 6. The van der Waals surface area contributed by atoms with Crippen molar-refractivity contribution in [3.8, 4) is 0 Å². The number of esters is 3. The summed E-state index contributed by atoms with van der Waals surface area (Å²) in [5.74, 6) is -1.01. The van der Waals surface area contributed by atoms with Gasteiger partial charge < -0.3 is 18.9 Å². The smallest absolute Gasteiger partial charge is 0.303 e. The van der Waals surface area contributed by atoms with Gasteiger partial charge in [-0.25, -0.2) is 0 Å². The molecule has 9 heteroatoms. The van der Waals surface area contributed by atoms with Gasteiger partial charge in [0.25, 0.3) is 0 Å². The van der Waals surface area contributed by atoms with Crippen molar-refractivity contribution in [2.75, 3.05) is 6.61 Å². The number of thioether (sulfide) groups is 1. The van der Waals surface area contributed by atoms with Crippen molar-refractivity contribution in [1.29, 1.82) is 0 Å². The van der Waals surface area contributed by atoms with Crippen molar-refractivity contribution in [2.45, 2.75) is 50.3 Å². The Bertz CT molecular complexity index is 696. The molecule has 1 fully saturated rings. The molecule has 1 saturated heterocycles. The van der Waals surface area contributed by atoms with Gasteiger partial charge in [-0.2, -0.15) is 0 Å². The summed E-state index contributed by atoms with van der Waals surface area (Å²) in [6, 6.07) is 7.90.